The highest BCUT2D eigenvalue weighted by Gasteiger charge is 2.17. The molecule has 4 rings (SSSR count). The smallest absolute Gasteiger partial charge is 0.242 e. The van der Waals surface area contributed by atoms with Gasteiger partial charge in [0.15, 0.2) is 11.5 Å². The first kappa shape index (κ1) is 16.3. The molecule has 0 fully saturated rings. The first-order chi connectivity index (χ1) is 12.5. The van der Waals surface area contributed by atoms with Crippen LogP contribution in [0.25, 0.3) is 27.9 Å². The number of pyridine rings is 1. The van der Waals surface area contributed by atoms with E-state index in [2.05, 4.69) is 44.1 Å². The Labute approximate surface area is 151 Å². The summed E-state index contributed by atoms with van der Waals surface area (Å²) < 4.78 is 3.97. The Kier molecular flexibility index (Phi) is 3.75. The van der Waals surface area contributed by atoms with Crippen molar-refractivity contribution in [2.45, 2.75) is 26.8 Å². The van der Waals surface area contributed by atoms with Crippen LogP contribution in [0.2, 0.25) is 0 Å². The van der Waals surface area contributed by atoms with Crippen molar-refractivity contribution < 1.29 is 0 Å². The number of imidazole rings is 1. The van der Waals surface area contributed by atoms with E-state index in [0.29, 0.717) is 12.0 Å². The highest BCUT2D eigenvalue weighted by Crippen LogP contribution is 2.30. The summed E-state index contributed by atoms with van der Waals surface area (Å²) in [6.45, 7) is 6.30. The maximum Gasteiger partial charge on any atom is 0.242 e. The van der Waals surface area contributed by atoms with Gasteiger partial charge in [-0.25, -0.2) is 14.5 Å². The van der Waals surface area contributed by atoms with E-state index in [4.69, 9.17) is 4.98 Å². The van der Waals surface area contributed by atoms with Gasteiger partial charge >= 0.3 is 0 Å². The van der Waals surface area contributed by atoms with Crippen LogP contribution in [0.3, 0.4) is 0 Å². The Hall–Kier alpha value is -3.16. The maximum absolute atomic E-state index is 4.92. The van der Waals surface area contributed by atoms with Crippen molar-refractivity contribution >= 4 is 28.4 Å². The van der Waals surface area contributed by atoms with Crippen LogP contribution in [0.5, 0.6) is 0 Å². The minimum absolute atomic E-state index is 0.294. The van der Waals surface area contributed by atoms with Gasteiger partial charge in [0.2, 0.25) is 5.95 Å². The molecule has 0 spiro atoms. The van der Waals surface area contributed by atoms with Crippen LogP contribution < -0.4 is 10.6 Å². The van der Waals surface area contributed by atoms with Gasteiger partial charge in [0.05, 0.1) is 5.69 Å². The SMILES string of the molecule is CNc1nc(NC)c2c(-c3ccc4nc(C)n(C(C)C)c4n3)ccn2n1. The second-order valence-electron chi connectivity index (χ2n) is 6.47. The Bertz CT molecular complexity index is 1110. The summed E-state index contributed by atoms with van der Waals surface area (Å²) >= 11 is 0. The average molecular weight is 350 g/mol. The number of aryl methyl sites for hydroxylation is 1. The van der Waals surface area contributed by atoms with E-state index in [1.165, 1.54) is 0 Å². The summed E-state index contributed by atoms with van der Waals surface area (Å²) in [6, 6.07) is 6.33. The number of nitrogens with one attached hydrogen (secondary N) is 2. The summed E-state index contributed by atoms with van der Waals surface area (Å²) in [4.78, 5) is 14.1. The van der Waals surface area contributed by atoms with E-state index >= 15 is 0 Å². The lowest BCUT2D eigenvalue weighted by atomic mass is 10.2. The van der Waals surface area contributed by atoms with Crippen molar-refractivity contribution in [1.29, 1.82) is 0 Å². The molecule has 0 amide bonds. The van der Waals surface area contributed by atoms with Crippen LogP contribution in [0, 0.1) is 6.92 Å². The number of hydrogen-bond donors (Lipinski definition) is 2. The molecule has 8 heteroatoms. The predicted octanol–water partition coefficient (Wildman–Crippen LogP) is 3.11. The molecule has 0 aliphatic carbocycles. The average Bonchev–Trinajstić information content (AvgIpc) is 3.19. The minimum Gasteiger partial charge on any atom is -0.371 e. The zero-order valence-corrected chi connectivity index (χ0v) is 15.6. The molecule has 0 aromatic carbocycles. The van der Waals surface area contributed by atoms with Gasteiger partial charge in [0.1, 0.15) is 16.9 Å². The van der Waals surface area contributed by atoms with Gasteiger partial charge in [-0.3, -0.25) is 0 Å². The van der Waals surface area contributed by atoms with Gasteiger partial charge < -0.3 is 15.2 Å². The van der Waals surface area contributed by atoms with E-state index in [0.717, 1.165) is 39.6 Å². The number of rotatable bonds is 4. The van der Waals surface area contributed by atoms with Crippen LogP contribution in [0.4, 0.5) is 11.8 Å². The lowest BCUT2D eigenvalue weighted by Gasteiger charge is -2.11. The van der Waals surface area contributed by atoms with Gasteiger partial charge in [0.25, 0.3) is 0 Å². The Balaban J connectivity index is 1.97. The minimum atomic E-state index is 0.294. The first-order valence-corrected chi connectivity index (χ1v) is 8.64. The van der Waals surface area contributed by atoms with E-state index < -0.39 is 0 Å². The van der Waals surface area contributed by atoms with E-state index in [9.17, 15) is 0 Å². The largest absolute Gasteiger partial charge is 0.371 e. The highest BCUT2D eigenvalue weighted by atomic mass is 15.3. The van der Waals surface area contributed by atoms with E-state index in [-0.39, 0.29) is 0 Å². The molecule has 134 valence electrons. The molecule has 0 saturated heterocycles. The highest BCUT2D eigenvalue weighted by molar-refractivity contribution is 5.89. The molecule has 0 unspecified atom stereocenters. The number of aromatic nitrogens is 6. The molecule has 0 saturated carbocycles. The summed E-state index contributed by atoms with van der Waals surface area (Å²) in [5, 5.41) is 10.6. The number of anilines is 2. The Morgan fingerprint density at radius 2 is 1.81 bits per heavy atom. The zero-order chi connectivity index (χ0) is 18.4. The monoisotopic (exact) mass is 350 g/mol. The predicted molar refractivity (Wildman–Crippen MR) is 104 cm³/mol. The van der Waals surface area contributed by atoms with E-state index in [1.54, 1.807) is 7.05 Å². The van der Waals surface area contributed by atoms with Gasteiger partial charge in [-0.1, -0.05) is 0 Å². The lowest BCUT2D eigenvalue weighted by molar-refractivity contribution is 0.595. The number of nitrogens with zero attached hydrogens (tertiary/aromatic N) is 6. The summed E-state index contributed by atoms with van der Waals surface area (Å²) in [6.07, 6.45) is 1.92. The van der Waals surface area contributed by atoms with Crippen LogP contribution in [-0.2, 0) is 0 Å². The van der Waals surface area contributed by atoms with Crippen molar-refractivity contribution in [3.05, 3.63) is 30.2 Å². The van der Waals surface area contributed by atoms with Crippen molar-refractivity contribution in [3.8, 4) is 11.3 Å². The number of fused-ring (bicyclic) bond motifs is 2. The second kappa shape index (κ2) is 5.98. The quantitative estimate of drug-likeness (QED) is 0.588. The van der Waals surface area contributed by atoms with E-state index in [1.807, 2.05) is 42.9 Å². The topological polar surface area (TPSA) is 85.0 Å². The standard InChI is InChI=1S/C18H22N8/c1-10(2)26-11(3)21-14-7-6-13(22-17(14)26)12-8-9-25-15(12)16(19-4)23-18(20-5)24-25/h6-10H,1-5H3,(H2,19,20,23,24). The molecule has 0 atom stereocenters. The van der Waals surface area contributed by atoms with Crippen LogP contribution in [-0.4, -0.2) is 43.2 Å². The molecule has 4 aromatic heterocycles. The fourth-order valence-corrected chi connectivity index (χ4v) is 3.37. The van der Waals surface area contributed by atoms with Gasteiger partial charge in [-0.05, 0) is 39.0 Å². The van der Waals surface area contributed by atoms with Crippen LogP contribution >= 0.6 is 0 Å². The van der Waals surface area contributed by atoms with Gasteiger partial charge in [-0.15, -0.1) is 5.10 Å². The van der Waals surface area contributed by atoms with Crippen LogP contribution in [0.1, 0.15) is 25.7 Å². The molecule has 0 aliphatic rings. The summed E-state index contributed by atoms with van der Waals surface area (Å²) in [5.74, 6) is 2.28. The molecule has 0 bridgehead atoms. The molecule has 4 aromatic rings. The van der Waals surface area contributed by atoms with Crippen molar-refractivity contribution in [1.82, 2.24) is 29.1 Å². The van der Waals surface area contributed by atoms with Gasteiger partial charge in [-0.2, -0.15) is 4.98 Å². The third-order valence-electron chi connectivity index (χ3n) is 4.48. The normalized spacial score (nSPS) is 11.6. The molecular weight excluding hydrogens is 328 g/mol. The van der Waals surface area contributed by atoms with Crippen LogP contribution in [0.15, 0.2) is 24.4 Å². The van der Waals surface area contributed by atoms with Crippen molar-refractivity contribution in [2.75, 3.05) is 24.7 Å². The summed E-state index contributed by atoms with van der Waals surface area (Å²) in [7, 11) is 3.66. The Morgan fingerprint density at radius 1 is 1.00 bits per heavy atom. The molecule has 2 N–H and O–H groups in total. The Morgan fingerprint density at radius 3 is 2.50 bits per heavy atom. The fraction of sp³-hybridized carbons (Fsp3) is 0.333. The summed E-state index contributed by atoms with van der Waals surface area (Å²) in [5.41, 5.74) is 4.55. The molecule has 0 aliphatic heterocycles. The molecule has 8 nitrogen and oxygen atoms in total. The third-order valence-corrected chi connectivity index (χ3v) is 4.48. The first-order valence-electron chi connectivity index (χ1n) is 8.64. The number of hydrogen-bond acceptors (Lipinski definition) is 6. The molecule has 4 heterocycles. The van der Waals surface area contributed by atoms with Crippen molar-refractivity contribution in [2.24, 2.45) is 0 Å². The second-order valence-corrected chi connectivity index (χ2v) is 6.47. The maximum atomic E-state index is 4.92. The lowest BCUT2D eigenvalue weighted by Crippen LogP contribution is -2.06. The molecule has 26 heavy (non-hydrogen) atoms. The van der Waals surface area contributed by atoms with Crippen molar-refractivity contribution in [3.63, 3.8) is 0 Å². The molecule has 0 radical (unpaired) electrons. The zero-order valence-electron chi connectivity index (χ0n) is 15.6. The third kappa shape index (κ3) is 2.37. The molecular formula is C18H22N8. The fourth-order valence-electron chi connectivity index (χ4n) is 3.37. The van der Waals surface area contributed by atoms with Gasteiger partial charge in [0, 0.05) is 31.9 Å².